The normalized spacial score (nSPS) is 20.6. The van der Waals surface area contributed by atoms with Crippen molar-refractivity contribution in [2.75, 3.05) is 6.54 Å². The van der Waals surface area contributed by atoms with Crippen LogP contribution >= 0.6 is 0 Å². The van der Waals surface area contributed by atoms with Crippen molar-refractivity contribution in [3.8, 4) is 0 Å². The number of carbonyl (C=O) groups is 1. The molecule has 0 fully saturated rings. The first-order chi connectivity index (χ1) is 8.36. The Balaban J connectivity index is 2.18. The summed E-state index contributed by atoms with van der Waals surface area (Å²) in [5.41, 5.74) is 2.73. The summed E-state index contributed by atoms with van der Waals surface area (Å²) in [7, 11) is 0. The van der Waals surface area contributed by atoms with Crippen LogP contribution in [-0.4, -0.2) is 12.8 Å². The minimum Gasteiger partial charge on any atom is -0.309 e. The lowest BCUT2D eigenvalue weighted by Gasteiger charge is -2.30. The number of fused-ring (bicyclic) bond motifs is 1. The Morgan fingerprint density at radius 3 is 3.06 bits per heavy atom. The van der Waals surface area contributed by atoms with Gasteiger partial charge in [-0.25, -0.2) is 0 Å². The highest BCUT2D eigenvalue weighted by Crippen LogP contribution is 2.30. The zero-order valence-electron chi connectivity index (χ0n) is 10.5. The van der Waals surface area contributed by atoms with Gasteiger partial charge in [-0.1, -0.05) is 44.0 Å². The lowest BCUT2D eigenvalue weighted by molar-refractivity contribution is -0.112. The van der Waals surface area contributed by atoms with Crippen molar-refractivity contribution in [1.29, 1.82) is 0 Å². The van der Waals surface area contributed by atoms with Gasteiger partial charge in [0.25, 0.3) is 0 Å². The zero-order chi connectivity index (χ0) is 12.1. The van der Waals surface area contributed by atoms with E-state index in [-0.39, 0.29) is 12.0 Å². The van der Waals surface area contributed by atoms with Gasteiger partial charge in [-0.3, -0.25) is 0 Å². The van der Waals surface area contributed by atoms with Crippen molar-refractivity contribution in [2.24, 2.45) is 5.92 Å². The topological polar surface area (TPSA) is 29.1 Å². The second-order valence-corrected chi connectivity index (χ2v) is 4.82. The Bertz CT molecular complexity index is 375. The van der Waals surface area contributed by atoms with E-state index in [2.05, 4.69) is 36.5 Å². The van der Waals surface area contributed by atoms with Crippen LogP contribution in [0.25, 0.3) is 0 Å². The maximum atomic E-state index is 11.3. The van der Waals surface area contributed by atoms with Gasteiger partial charge in [0.05, 0.1) is 0 Å². The van der Waals surface area contributed by atoms with E-state index in [0.29, 0.717) is 0 Å². The molecule has 0 radical (unpaired) electrons. The van der Waals surface area contributed by atoms with Crippen molar-refractivity contribution in [2.45, 2.75) is 38.6 Å². The van der Waals surface area contributed by atoms with E-state index in [1.807, 2.05) is 0 Å². The summed E-state index contributed by atoms with van der Waals surface area (Å²) in [5.74, 6) is 0.122. The smallest absolute Gasteiger partial charge is 0.124 e. The van der Waals surface area contributed by atoms with Gasteiger partial charge < -0.3 is 10.1 Å². The van der Waals surface area contributed by atoms with Crippen LogP contribution in [-0.2, 0) is 11.2 Å². The molecular formula is C15H21NO. The highest BCUT2D eigenvalue weighted by atomic mass is 16.1. The highest BCUT2D eigenvalue weighted by molar-refractivity contribution is 5.56. The molecule has 1 N–H and O–H groups in total. The molecule has 1 aliphatic heterocycles. The monoisotopic (exact) mass is 231 g/mol. The summed E-state index contributed by atoms with van der Waals surface area (Å²) < 4.78 is 0. The highest BCUT2D eigenvalue weighted by Gasteiger charge is 2.26. The van der Waals surface area contributed by atoms with Gasteiger partial charge in [0, 0.05) is 12.0 Å². The third kappa shape index (κ3) is 2.75. The minimum absolute atomic E-state index is 0.122. The number of hydrogen-bond donors (Lipinski definition) is 1. The van der Waals surface area contributed by atoms with E-state index in [1.165, 1.54) is 11.1 Å². The molecule has 0 saturated carbocycles. The first-order valence-electron chi connectivity index (χ1n) is 6.63. The summed E-state index contributed by atoms with van der Waals surface area (Å²) in [6, 6.07) is 8.73. The van der Waals surface area contributed by atoms with Crippen LogP contribution in [0, 0.1) is 5.92 Å². The lowest BCUT2D eigenvalue weighted by atomic mass is 9.84. The van der Waals surface area contributed by atoms with Gasteiger partial charge in [-0.2, -0.15) is 0 Å². The van der Waals surface area contributed by atoms with Gasteiger partial charge in [0.15, 0.2) is 0 Å². The quantitative estimate of drug-likeness (QED) is 0.789. The molecule has 2 rings (SSSR count). The summed E-state index contributed by atoms with van der Waals surface area (Å²) >= 11 is 0. The predicted octanol–water partition coefficient (Wildman–Crippen LogP) is 2.88. The van der Waals surface area contributed by atoms with Crippen molar-refractivity contribution in [3.63, 3.8) is 0 Å². The molecule has 2 unspecified atom stereocenters. The summed E-state index contributed by atoms with van der Waals surface area (Å²) in [5, 5.41) is 3.50. The number of rotatable bonds is 5. The van der Waals surface area contributed by atoms with Crippen LogP contribution in [0.2, 0.25) is 0 Å². The summed E-state index contributed by atoms with van der Waals surface area (Å²) in [6.07, 6.45) is 5.48. The molecule has 2 nitrogen and oxygen atoms in total. The van der Waals surface area contributed by atoms with E-state index in [1.54, 1.807) is 0 Å². The fourth-order valence-electron chi connectivity index (χ4n) is 2.67. The van der Waals surface area contributed by atoms with Crippen LogP contribution in [0.4, 0.5) is 0 Å². The van der Waals surface area contributed by atoms with Crippen molar-refractivity contribution in [1.82, 2.24) is 5.32 Å². The Hall–Kier alpha value is -1.15. The molecule has 2 heteroatoms. The summed E-state index contributed by atoms with van der Waals surface area (Å²) in [4.78, 5) is 11.3. The van der Waals surface area contributed by atoms with Gasteiger partial charge in [0.1, 0.15) is 6.29 Å². The van der Waals surface area contributed by atoms with Crippen LogP contribution in [0.3, 0.4) is 0 Å². The largest absolute Gasteiger partial charge is 0.309 e. The Morgan fingerprint density at radius 1 is 1.47 bits per heavy atom. The first kappa shape index (κ1) is 12.3. The molecule has 0 spiro atoms. The van der Waals surface area contributed by atoms with Crippen molar-refractivity contribution >= 4 is 6.29 Å². The number of unbranched alkanes of at least 4 members (excludes halogenated alkanes) is 1. The molecule has 1 aromatic rings. The lowest BCUT2D eigenvalue weighted by Crippen LogP contribution is -2.35. The minimum atomic E-state index is 0.122. The maximum Gasteiger partial charge on any atom is 0.124 e. The van der Waals surface area contributed by atoms with E-state index in [0.717, 1.165) is 38.5 Å². The third-order valence-corrected chi connectivity index (χ3v) is 3.64. The molecule has 0 bridgehead atoms. The fourth-order valence-corrected chi connectivity index (χ4v) is 2.67. The van der Waals surface area contributed by atoms with Crippen LogP contribution < -0.4 is 5.32 Å². The van der Waals surface area contributed by atoms with Crippen LogP contribution in [0.1, 0.15) is 43.4 Å². The van der Waals surface area contributed by atoms with Crippen LogP contribution in [0.5, 0.6) is 0 Å². The average molecular weight is 231 g/mol. The molecule has 2 atom stereocenters. The molecule has 0 saturated heterocycles. The Kier molecular flexibility index (Phi) is 4.32. The molecule has 1 aromatic carbocycles. The maximum absolute atomic E-state index is 11.3. The van der Waals surface area contributed by atoms with Crippen molar-refractivity contribution < 1.29 is 4.79 Å². The Morgan fingerprint density at radius 2 is 2.29 bits per heavy atom. The second kappa shape index (κ2) is 5.97. The first-order valence-corrected chi connectivity index (χ1v) is 6.63. The number of hydrogen-bond acceptors (Lipinski definition) is 2. The number of aldehydes is 1. The third-order valence-electron chi connectivity index (χ3n) is 3.64. The molecule has 0 amide bonds. The van der Waals surface area contributed by atoms with Crippen LogP contribution in [0.15, 0.2) is 24.3 Å². The molecule has 1 heterocycles. The van der Waals surface area contributed by atoms with Gasteiger partial charge in [-0.15, -0.1) is 0 Å². The zero-order valence-corrected chi connectivity index (χ0v) is 10.5. The average Bonchev–Trinajstić information content (AvgIpc) is 2.40. The Labute approximate surface area is 103 Å². The molecule has 17 heavy (non-hydrogen) atoms. The van der Waals surface area contributed by atoms with Gasteiger partial charge in [-0.05, 0) is 30.5 Å². The SMILES string of the molecule is CCCCC(C=O)C1NCCc2ccccc21. The number of carbonyl (C=O) groups excluding carboxylic acids is 1. The second-order valence-electron chi connectivity index (χ2n) is 4.82. The van der Waals surface area contributed by atoms with E-state index in [4.69, 9.17) is 0 Å². The number of nitrogens with one attached hydrogen (secondary N) is 1. The molecule has 1 aliphatic rings. The fraction of sp³-hybridized carbons (Fsp3) is 0.533. The molecule has 0 aromatic heterocycles. The molecule has 92 valence electrons. The van der Waals surface area contributed by atoms with Gasteiger partial charge in [0.2, 0.25) is 0 Å². The summed E-state index contributed by atoms with van der Waals surface area (Å²) in [6.45, 7) is 3.16. The van der Waals surface area contributed by atoms with Crippen molar-refractivity contribution in [3.05, 3.63) is 35.4 Å². The van der Waals surface area contributed by atoms with E-state index in [9.17, 15) is 4.79 Å². The number of benzene rings is 1. The van der Waals surface area contributed by atoms with E-state index >= 15 is 0 Å². The molecule has 0 aliphatic carbocycles. The molecular weight excluding hydrogens is 210 g/mol. The van der Waals surface area contributed by atoms with E-state index < -0.39 is 0 Å². The predicted molar refractivity (Wildman–Crippen MR) is 70.0 cm³/mol. The van der Waals surface area contributed by atoms with Gasteiger partial charge >= 0.3 is 0 Å². The standard InChI is InChI=1S/C15H21NO/c1-2-3-6-13(11-17)15-14-8-5-4-7-12(14)9-10-16-15/h4-5,7-8,11,13,15-16H,2-3,6,9-10H2,1H3.